The largest absolute Gasteiger partial charge is 0.481 e. The normalized spacial score (nSPS) is 24.9. The van der Waals surface area contributed by atoms with E-state index in [1.807, 2.05) is 0 Å². The zero-order valence-corrected chi connectivity index (χ0v) is 9.81. The summed E-state index contributed by atoms with van der Waals surface area (Å²) in [6, 6.07) is 0. The average Bonchev–Trinajstić information content (AvgIpc) is 2.25. The van der Waals surface area contributed by atoms with Gasteiger partial charge in [-0.3, -0.25) is 4.79 Å². The van der Waals surface area contributed by atoms with Gasteiger partial charge in [0.25, 0.3) is 0 Å². The number of carboxylic acid groups (broad SMARTS) is 1. The molecule has 1 amide bonds. The lowest BCUT2D eigenvalue weighted by molar-refractivity contribution is -0.145. The second kappa shape index (κ2) is 5.72. The molecule has 0 heterocycles. The van der Waals surface area contributed by atoms with Gasteiger partial charge >= 0.3 is 12.1 Å². The molecule has 0 aliphatic heterocycles. The van der Waals surface area contributed by atoms with Crippen LogP contribution in [0.4, 0.5) is 4.79 Å². The van der Waals surface area contributed by atoms with Gasteiger partial charge in [-0.1, -0.05) is 12.8 Å². The lowest BCUT2D eigenvalue weighted by Crippen LogP contribution is -2.33. The summed E-state index contributed by atoms with van der Waals surface area (Å²) in [5, 5.41) is 9.03. The molecule has 1 rings (SSSR count). The van der Waals surface area contributed by atoms with Crippen molar-refractivity contribution in [3.05, 3.63) is 0 Å². The Labute approximate surface area is 95.4 Å². The minimum atomic E-state index is -0.773. The van der Waals surface area contributed by atoms with Crippen molar-refractivity contribution in [3.8, 4) is 0 Å². The lowest BCUT2D eigenvalue weighted by atomic mass is 9.80. The van der Waals surface area contributed by atoms with Gasteiger partial charge in [-0.2, -0.15) is 0 Å². The van der Waals surface area contributed by atoms with E-state index < -0.39 is 12.1 Å². The SMILES string of the molecule is CN(C)C(=O)OCC1CCCCC1C(=O)O. The van der Waals surface area contributed by atoms with E-state index in [2.05, 4.69) is 0 Å². The van der Waals surface area contributed by atoms with Crippen LogP contribution in [0.2, 0.25) is 0 Å². The zero-order valence-electron chi connectivity index (χ0n) is 9.81. The number of nitrogens with zero attached hydrogens (tertiary/aromatic N) is 1. The van der Waals surface area contributed by atoms with Crippen LogP contribution in [-0.2, 0) is 9.53 Å². The van der Waals surface area contributed by atoms with Gasteiger partial charge in [-0.05, 0) is 12.8 Å². The lowest BCUT2D eigenvalue weighted by Gasteiger charge is -2.28. The van der Waals surface area contributed by atoms with Gasteiger partial charge in [0.05, 0.1) is 12.5 Å². The summed E-state index contributed by atoms with van der Waals surface area (Å²) in [5.41, 5.74) is 0. The van der Waals surface area contributed by atoms with Crippen molar-refractivity contribution in [1.29, 1.82) is 0 Å². The third-order valence-corrected chi connectivity index (χ3v) is 3.01. The van der Waals surface area contributed by atoms with Gasteiger partial charge in [0.2, 0.25) is 0 Å². The Morgan fingerprint density at radius 3 is 2.50 bits per heavy atom. The molecule has 0 aromatic heterocycles. The van der Waals surface area contributed by atoms with Crippen molar-refractivity contribution in [2.75, 3.05) is 20.7 Å². The van der Waals surface area contributed by atoms with Crippen molar-refractivity contribution in [1.82, 2.24) is 4.90 Å². The second-order valence-electron chi connectivity index (χ2n) is 4.46. The van der Waals surface area contributed by atoms with E-state index in [9.17, 15) is 9.59 Å². The van der Waals surface area contributed by atoms with Crippen LogP contribution < -0.4 is 0 Å². The van der Waals surface area contributed by atoms with Crippen LogP contribution in [-0.4, -0.2) is 42.8 Å². The van der Waals surface area contributed by atoms with Crippen molar-refractivity contribution in [2.45, 2.75) is 25.7 Å². The monoisotopic (exact) mass is 229 g/mol. The van der Waals surface area contributed by atoms with E-state index in [0.29, 0.717) is 6.42 Å². The third-order valence-electron chi connectivity index (χ3n) is 3.01. The van der Waals surface area contributed by atoms with Gasteiger partial charge in [0, 0.05) is 20.0 Å². The maximum atomic E-state index is 11.2. The summed E-state index contributed by atoms with van der Waals surface area (Å²) in [4.78, 5) is 23.6. The van der Waals surface area contributed by atoms with E-state index >= 15 is 0 Å². The summed E-state index contributed by atoms with van der Waals surface area (Å²) in [6.45, 7) is 0.216. The fraction of sp³-hybridized carbons (Fsp3) is 0.818. The number of amides is 1. The molecule has 2 unspecified atom stereocenters. The first-order valence-electron chi connectivity index (χ1n) is 5.59. The molecule has 1 fully saturated rings. The minimum absolute atomic E-state index is 0.0323. The molecule has 1 N–H and O–H groups in total. The molecule has 1 aliphatic carbocycles. The van der Waals surface area contributed by atoms with Gasteiger partial charge in [0.15, 0.2) is 0 Å². The van der Waals surface area contributed by atoms with Gasteiger partial charge in [0.1, 0.15) is 0 Å². The minimum Gasteiger partial charge on any atom is -0.481 e. The number of carbonyl (C=O) groups excluding carboxylic acids is 1. The molecular formula is C11H19NO4. The van der Waals surface area contributed by atoms with Crippen LogP contribution in [0, 0.1) is 11.8 Å². The molecule has 0 spiro atoms. The molecule has 0 bridgehead atoms. The number of hydrogen-bond acceptors (Lipinski definition) is 3. The Bertz CT molecular complexity index is 265. The number of aliphatic carboxylic acids is 1. The van der Waals surface area contributed by atoms with Crippen LogP contribution in [0.1, 0.15) is 25.7 Å². The van der Waals surface area contributed by atoms with Crippen molar-refractivity contribution in [3.63, 3.8) is 0 Å². The summed E-state index contributed by atoms with van der Waals surface area (Å²) in [5.74, 6) is -1.16. The highest BCUT2D eigenvalue weighted by Crippen LogP contribution is 2.30. The van der Waals surface area contributed by atoms with Gasteiger partial charge in [-0.15, -0.1) is 0 Å². The van der Waals surface area contributed by atoms with E-state index in [-0.39, 0.29) is 18.4 Å². The molecule has 5 nitrogen and oxygen atoms in total. The maximum absolute atomic E-state index is 11.2. The maximum Gasteiger partial charge on any atom is 0.409 e. The molecule has 1 saturated carbocycles. The first kappa shape index (κ1) is 12.8. The van der Waals surface area contributed by atoms with Gasteiger partial charge < -0.3 is 14.7 Å². The molecule has 5 heteroatoms. The summed E-state index contributed by atoms with van der Waals surface area (Å²) in [6.07, 6.45) is 3.09. The second-order valence-corrected chi connectivity index (χ2v) is 4.46. The number of carbonyl (C=O) groups is 2. The smallest absolute Gasteiger partial charge is 0.409 e. The molecule has 0 aromatic carbocycles. The van der Waals surface area contributed by atoms with Crippen LogP contribution in [0.25, 0.3) is 0 Å². The molecule has 1 aliphatic rings. The first-order chi connectivity index (χ1) is 7.52. The molecule has 0 radical (unpaired) electrons. The molecule has 92 valence electrons. The zero-order chi connectivity index (χ0) is 12.1. The number of hydrogen-bond donors (Lipinski definition) is 1. The first-order valence-corrected chi connectivity index (χ1v) is 5.59. The highest BCUT2D eigenvalue weighted by atomic mass is 16.6. The molecule has 0 aromatic rings. The Morgan fingerprint density at radius 2 is 1.94 bits per heavy atom. The van der Waals surface area contributed by atoms with Crippen LogP contribution in [0.15, 0.2) is 0 Å². The van der Waals surface area contributed by atoms with Crippen molar-refractivity contribution >= 4 is 12.1 Å². The molecule has 16 heavy (non-hydrogen) atoms. The van der Waals surface area contributed by atoms with Crippen molar-refractivity contribution in [2.24, 2.45) is 11.8 Å². The molecule has 0 saturated heterocycles. The summed E-state index contributed by atoms with van der Waals surface area (Å²) < 4.78 is 5.05. The van der Waals surface area contributed by atoms with Crippen LogP contribution in [0.3, 0.4) is 0 Å². The molecular weight excluding hydrogens is 210 g/mol. The predicted molar refractivity (Wildman–Crippen MR) is 58.1 cm³/mol. The fourth-order valence-electron chi connectivity index (χ4n) is 2.04. The number of rotatable bonds is 3. The Morgan fingerprint density at radius 1 is 1.31 bits per heavy atom. The summed E-state index contributed by atoms with van der Waals surface area (Å²) in [7, 11) is 3.22. The topological polar surface area (TPSA) is 66.8 Å². The fourth-order valence-corrected chi connectivity index (χ4v) is 2.04. The number of carboxylic acids is 1. The van der Waals surface area contributed by atoms with Crippen LogP contribution in [0.5, 0.6) is 0 Å². The standard InChI is InChI=1S/C11H19NO4/c1-12(2)11(15)16-7-8-5-3-4-6-9(8)10(13)14/h8-9H,3-7H2,1-2H3,(H,13,14). The average molecular weight is 229 g/mol. The van der Waals surface area contributed by atoms with E-state index in [4.69, 9.17) is 9.84 Å². The highest BCUT2D eigenvalue weighted by Gasteiger charge is 2.31. The van der Waals surface area contributed by atoms with Crippen molar-refractivity contribution < 1.29 is 19.4 Å². The number of ether oxygens (including phenoxy) is 1. The molecule has 2 atom stereocenters. The quantitative estimate of drug-likeness (QED) is 0.797. The predicted octanol–water partition coefficient (Wildman–Crippen LogP) is 1.58. The van der Waals surface area contributed by atoms with Gasteiger partial charge in [-0.25, -0.2) is 4.79 Å². The Kier molecular flexibility index (Phi) is 4.58. The Hall–Kier alpha value is -1.26. The third kappa shape index (κ3) is 3.40. The van der Waals surface area contributed by atoms with E-state index in [1.54, 1.807) is 14.1 Å². The highest BCUT2D eigenvalue weighted by molar-refractivity contribution is 5.70. The Balaban J connectivity index is 2.44. The van der Waals surface area contributed by atoms with E-state index in [1.165, 1.54) is 4.90 Å². The summed E-state index contributed by atoms with van der Waals surface area (Å²) >= 11 is 0. The van der Waals surface area contributed by atoms with Crippen LogP contribution >= 0.6 is 0 Å². The van der Waals surface area contributed by atoms with E-state index in [0.717, 1.165) is 19.3 Å².